The highest BCUT2D eigenvalue weighted by Gasteiger charge is 2.31. The number of piperidine rings is 1. The third-order valence-corrected chi connectivity index (χ3v) is 4.69. The molecule has 0 radical (unpaired) electrons. The molecule has 20 heavy (non-hydrogen) atoms. The van der Waals surface area contributed by atoms with Gasteiger partial charge < -0.3 is 14.7 Å². The molecule has 0 aromatic heterocycles. The van der Waals surface area contributed by atoms with Crippen LogP contribution in [0, 0.1) is 18.3 Å². The van der Waals surface area contributed by atoms with Crippen molar-refractivity contribution in [3.63, 3.8) is 0 Å². The van der Waals surface area contributed by atoms with Crippen LogP contribution >= 0.6 is 0 Å². The van der Waals surface area contributed by atoms with E-state index in [1.54, 1.807) is 0 Å². The summed E-state index contributed by atoms with van der Waals surface area (Å²) in [4.78, 5) is 2.35. The fourth-order valence-corrected chi connectivity index (χ4v) is 3.51. The minimum atomic E-state index is -0.424. The molecule has 114 valence electrons. The third kappa shape index (κ3) is 4.48. The van der Waals surface area contributed by atoms with E-state index in [2.05, 4.69) is 17.7 Å². The van der Waals surface area contributed by atoms with Crippen molar-refractivity contribution in [2.75, 3.05) is 26.2 Å². The van der Waals surface area contributed by atoms with Gasteiger partial charge in [-0.05, 0) is 51.0 Å². The minimum Gasteiger partial charge on any atom is -0.389 e. The van der Waals surface area contributed by atoms with Crippen LogP contribution in [0.4, 0.5) is 0 Å². The van der Waals surface area contributed by atoms with Crippen molar-refractivity contribution >= 4 is 0 Å². The molecule has 0 unspecified atom stereocenters. The molecular formula is C17H29NO2. The van der Waals surface area contributed by atoms with Crippen molar-refractivity contribution in [3.8, 4) is 12.3 Å². The second kappa shape index (κ2) is 7.45. The molecule has 1 N–H and O–H groups in total. The molecule has 0 bridgehead atoms. The average molecular weight is 279 g/mol. The first-order valence-corrected chi connectivity index (χ1v) is 8.16. The molecular weight excluding hydrogens is 250 g/mol. The maximum atomic E-state index is 10.2. The first kappa shape index (κ1) is 15.8. The molecule has 0 amide bonds. The molecule has 2 rings (SSSR count). The molecule has 2 atom stereocenters. The van der Waals surface area contributed by atoms with Crippen LogP contribution in [-0.4, -0.2) is 48.0 Å². The summed E-state index contributed by atoms with van der Waals surface area (Å²) in [6.07, 6.45) is 13.2. The van der Waals surface area contributed by atoms with Gasteiger partial charge in [0.2, 0.25) is 0 Å². The van der Waals surface area contributed by atoms with Crippen LogP contribution in [0.5, 0.6) is 0 Å². The largest absolute Gasteiger partial charge is 0.389 e. The van der Waals surface area contributed by atoms with Crippen molar-refractivity contribution in [3.05, 3.63) is 0 Å². The molecule has 1 saturated carbocycles. The van der Waals surface area contributed by atoms with Crippen LogP contribution < -0.4 is 0 Å². The Labute approximate surface area is 123 Å². The van der Waals surface area contributed by atoms with Gasteiger partial charge in [0.15, 0.2) is 0 Å². The summed E-state index contributed by atoms with van der Waals surface area (Å²) in [5, 5.41) is 10.2. The predicted octanol–water partition coefficient (Wildman–Crippen LogP) is 2.43. The van der Waals surface area contributed by atoms with Gasteiger partial charge in [0.1, 0.15) is 5.60 Å². The molecule has 0 aromatic carbocycles. The fourth-order valence-electron chi connectivity index (χ4n) is 3.51. The van der Waals surface area contributed by atoms with Crippen LogP contribution in [0.1, 0.15) is 51.9 Å². The zero-order chi connectivity index (χ0) is 14.4. The van der Waals surface area contributed by atoms with Gasteiger partial charge in [-0.15, -0.1) is 6.42 Å². The lowest BCUT2D eigenvalue weighted by Crippen LogP contribution is -2.43. The topological polar surface area (TPSA) is 32.7 Å². The molecule has 3 nitrogen and oxygen atoms in total. The lowest BCUT2D eigenvalue weighted by Gasteiger charge is -2.35. The third-order valence-electron chi connectivity index (χ3n) is 4.69. The van der Waals surface area contributed by atoms with Crippen LogP contribution in [-0.2, 0) is 4.74 Å². The molecule has 2 aliphatic rings. The normalized spacial score (nSPS) is 28.8. The SMILES string of the molecule is C#CC1(OC[C@@H](O)CN2CCC[C@@H](C)C2)CCCCC1. The van der Waals surface area contributed by atoms with E-state index < -0.39 is 11.7 Å². The van der Waals surface area contributed by atoms with Gasteiger partial charge in [-0.3, -0.25) is 0 Å². The Kier molecular flexibility index (Phi) is 5.89. The Balaban J connectivity index is 1.73. The van der Waals surface area contributed by atoms with E-state index in [0.717, 1.165) is 44.7 Å². The summed E-state index contributed by atoms with van der Waals surface area (Å²) in [5.74, 6) is 3.58. The van der Waals surface area contributed by atoms with Crippen molar-refractivity contribution in [2.45, 2.75) is 63.6 Å². The highest BCUT2D eigenvalue weighted by molar-refractivity contribution is 5.09. The number of rotatable bonds is 5. The summed E-state index contributed by atoms with van der Waals surface area (Å²) in [6, 6.07) is 0. The second-order valence-corrected chi connectivity index (χ2v) is 6.67. The summed E-state index contributed by atoms with van der Waals surface area (Å²) < 4.78 is 5.94. The van der Waals surface area contributed by atoms with Gasteiger partial charge in [0.05, 0.1) is 12.7 Å². The van der Waals surface area contributed by atoms with Gasteiger partial charge in [-0.25, -0.2) is 0 Å². The van der Waals surface area contributed by atoms with Crippen LogP contribution in [0.25, 0.3) is 0 Å². The monoisotopic (exact) mass is 279 g/mol. The highest BCUT2D eigenvalue weighted by atomic mass is 16.5. The van der Waals surface area contributed by atoms with Gasteiger partial charge in [-0.2, -0.15) is 0 Å². The number of aliphatic hydroxyl groups is 1. The number of nitrogens with zero attached hydrogens (tertiary/aromatic N) is 1. The maximum absolute atomic E-state index is 10.2. The highest BCUT2D eigenvalue weighted by Crippen LogP contribution is 2.31. The molecule has 1 aliphatic heterocycles. The molecule has 3 heteroatoms. The van der Waals surface area contributed by atoms with E-state index in [1.807, 2.05) is 0 Å². The maximum Gasteiger partial charge on any atom is 0.128 e. The first-order chi connectivity index (χ1) is 9.63. The number of aliphatic hydroxyl groups excluding tert-OH is 1. The molecule has 1 heterocycles. The van der Waals surface area contributed by atoms with Crippen molar-refractivity contribution in [2.24, 2.45) is 5.92 Å². The number of β-amino-alcohol motifs (C(OH)–C–C–N with tert-alkyl or cyclic N) is 1. The number of terminal acetylenes is 1. The summed E-state index contributed by atoms with van der Waals surface area (Å²) in [6.45, 7) is 5.56. The molecule has 1 aliphatic carbocycles. The van der Waals surface area contributed by atoms with Crippen molar-refractivity contribution in [1.29, 1.82) is 0 Å². The summed E-state index contributed by atoms with van der Waals surface area (Å²) in [5.41, 5.74) is -0.408. The average Bonchev–Trinajstić information content (AvgIpc) is 2.46. The molecule has 0 spiro atoms. The number of ether oxygens (including phenoxy) is 1. The Morgan fingerprint density at radius 3 is 2.75 bits per heavy atom. The van der Waals surface area contributed by atoms with E-state index in [-0.39, 0.29) is 0 Å². The van der Waals surface area contributed by atoms with E-state index >= 15 is 0 Å². The smallest absolute Gasteiger partial charge is 0.128 e. The standard InChI is InChI=1S/C17H29NO2/c1-3-17(9-5-4-6-10-17)20-14-16(19)13-18-11-7-8-15(2)12-18/h1,15-16,19H,4-14H2,2H3/t15-,16+/m1/s1. The van der Waals surface area contributed by atoms with E-state index in [0.29, 0.717) is 13.2 Å². The van der Waals surface area contributed by atoms with E-state index in [4.69, 9.17) is 11.2 Å². The van der Waals surface area contributed by atoms with Gasteiger partial charge in [0.25, 0.3) is 0 Å². The van der Waals surface area contributed by atoms with Gasteiger partial charge >= 0.3 is 0 Å². The Morgan fingerprint density at radius 1 is 1.35 bits per heavy atom. The Hall–Kier alpha value is -0.560. The quantitative estimate of drug-likeness (QED) is 0.785. The predicted molar refractivity (Wildman–Crippen MR) is 81.4 cm³/mol. The minimum absolute atomic E-state index is 0.370. The summed E-state index contributed by atoms with van der Waals surface area (Å²) in [7, 11) is 0. The second-order valence-electron chi connectivity index (χ2n) is 6.67. The number of likely N-dealkylation sites (tertiary alicyclic amines) is 1. The van der Waals surface area contributed by atoms with Crippen LogP contribution in [0.3, 0.4) is 0 Å². The number of hydrogen-bond acceptors (Lipinski definition) is 3. The van der Waals surface area contributed by atoms with Gasteiger partial charge in [-0.1, -0.05) is 19.3 Å². The summed E-state index contributed by atoms with van der Waals surface area (Å²) >= 11 is 0. The van der Waals surface area contributed by atoms with Crippen molar-refractivity contribution < 1.29 is 9.84 Å². The lowest BCUT2D eigenvalue weighted by molar-refractivity contribution is -0.0712. The van der Waals surface area contributed by atoms with Gasteiger partial charge in [0, 0.05) is 13.1 Å². The Morgan fingerprint density at radius 2 is 2.10 bits per heavy atom. The molecule has 2 fully saturated rings. The van der Waals surface area contributed by atoms with Crippen LogP contribution in [0.15, 0.2) is 0 Å². The van der Waals surface area contributed by atoms with Crippen molar-refractivity contribution in [1.82, 2.24) is 4.90 Å². The zero-order valence-corrected chi connectivity index (χ0v) is 12.8. The Bertz CT molecular complexity index is 330. The van der Waals surface area contributed by atoms with E-state index in [1.165, 1.54) is 19.3 Å². The molecule has 1 saturated heterocycles. The van der Waals surface area contributed by atoms with Crippen LogP contribution in [0.2, 0.25) is 0 Å². The first-order valence-electron chi connectivity index (χ1n) is 8.16. The molecule has 0 aromatic rings. The van der Waals surface area contributed by atoms with E-state index in [9.17, 15) is 5.11 Å². The lowest BCUT2D eigenvalue weighted by atomic mass is 9.85. The zero-order valence-electron chi connectivity index (χ0n) is 12.8. The number of hydrogen-bond donors (Lipinski definition) is 1. The fraction of sp³-hybridized carbons (Fsp3) is 0.882.